The number of nitrogens with zero attached hydrogens (tertiary/aromatic N) is 1. The molecule has 0 aliphatic rings. The average molecular weight is 222 g/mol. The molecule has 5 heteroatoms. The van der Waals surface area contributed by atoms with Gasteiger partial charge < -0.3 is 5.73 Å². The number of halogens is 1. The zero-order valence-corrected chi connectivity index (χ0v) is 8.45. The lowest BCUT2D eigenvalue weighted by atomic mass is 10.1. The van der Waals surface area contributed by atoms with Crippen LogP contribution in [0, 0.1) is 0 Å². The second-order valence-corrected chi connectivity index (χ2v) is 3.48. The lowest BCUT2D eigenvalue weighted by Gasteiger charge is -2.01. The molecule has 2 rings (SSSR count). The topological polar surface area (TPSA) is 71.8 Å². The number of rotatable bonds is 1. The molecular weight excluding hydrogens is 214 g/mol. The molecule has 15 heavy (non-hydrogen) atoms. The molecule has 3 N–H and O–H groups in total. The second-order valence-electron chi connectivity index (χ2n) is 3.05. The van der Waals surface area contributed by atoms with Gasteiger partial charge in [-0.3, -0.25) is 4.79 Å². The van der Waals surface area contributed by atoms with Crippen molar-refractivity contribution in [3.8, 4) is 11.1 Å². The van der Waals surface area contributed by atoms with Crippen LogP contribution in [0.5, 0.6) is 0 Å². The Kier molecular flexibility index (Phi) is 2.43. The number of anilines is 1. The molecule has 2 aromatic rings. The van der Waals surface area contributed by atoms with Gasteiger partial charge in [-0.25, -0.2) is 5.10 Å². The number of nitrogens with one attached hydrogen (secondary N) is 1. The Morgan fingerprint density at radius 3 is 2.87 bits per heavy atom. The number of hydrogen-bond acceptors (Lipinski definition) is 3. The first-order valence-corrected chi connectivity index (χ1v) is 4.66. The van der Waals surface area contributed by atoms with Crippen LogP contribution in [0.15, 0.2) is 35.1 Å². The first kappa shape index (κ1) is 9.73. The summed E-state index contributed by atoms with van der Waals surface area (Å²) in [6.07, 6.45) is 0. The van der Waals surface area contributed by atoms with Crippen molar-refractivity contribution in [3.05, 3.63) is 45.7 Å². The van der Waals surface area contributed by atoms with Gasteiger partial charge in [0, 0.05) is 5.02 Å². The maximum Gasteiger partial charge on any atom is 0.272 e. The van der Waals surface area contributed by atoms with Crippen molar-refractivity contribution >= 4 is 17.4 Å². The Balaban J connectivity index is 2.63. The average Bonchev–Trinajstić information content (AvgIpc) is 2.22. The molecule has 0 radical (unpaired) electrons. The van der Waals surface area contributed by atoms with Crippen molar-refractivity contribution in [1.29, 1.82) is 0 Å². The Hall–Kier alpha value is -1.81. The normalized spacial score (nSPS) is 10.2. The van der Waals surface area contributed by atoms with E-state index in [1.54, 1.807) is 24.3 Å². The standard InChI is InChI=1S/C10H8ClN3O/c11-7-3-1-2-6(4-7)8-5-9(12)13-14-10(8)15/h1-5H,(H2,12,13)(H,14,15). The van der Waals surface area contributed by atoms with E-state index >= 15 is 0 Å². The SMILES string of the molecule is Nc1cc(-c2cccc(Cl)c2)c(=O)[nH]n1. The minimum atomic E-state index is -0.286. The maximum atomic E-state index is 11.5. The summed E-state index contributed by atoms with van der Waals surface area (Å²) in [6.45, 7) is 0. The molecule has 0 aliphatic carbocycles. The van der Waals surface area contributed by atoms with Gasteiger partial charge in [-0.1, -0.05) is 23.7 Å². The molecule has 0 fully saturated rings. The molecule has 0 aliphatic heterocycles. The Morgan fingerprint density at radius 2 is 2.13 bits per heavy atom. The van der Waals surface area contributed by atoms with Gasteiger partial charge in [-0.05, 0) is 23.8 Å². The smallest absolute Gasteiger partial charge is 0.272 e. The number of aromatic amines is 1. The highest BCUT2D eigenvalue weighted by Crippen LogP contribution is 2.19. The summed E-state index contributed by atoms with van der Waals surface area (Å²) in [5.74, 6) is 0.268. The third kappa shape index (κ3) is 1.99. The predicted octanol–water partition coefficient (Wildman–Crippen LogP) is 1.67. The van der Waals surface area contributed by atoms with Crippen molar-refractivity contribution < 1.29 is 0 Å². The number of nitrogen functional groups attached to an aromatic ring is 1. The molecule has 1 aromatic heterocycles. The van der Waals surface area contributed by atoms with E-state index in [0.717, 1.165) is 5.56 Å². The monoisotopic (exact) mass is 221 g/mol. The van der Waals surface area contributed by atoms with Gasteiger partial charge in [-0.15, -0.1) is 0 Å². The molecule has 76 valence electrons. The molecule has 0 atom stereocenters. The van der Waals surface area contributed by atoms with Crippen LogP contribution in [0.3, 0.4) is 0 Å². The lowest BCUT2D eigenvalue weighted by Crippen LogP contribution is -2.12. The fraction of sp³-hybridized carbons (Fsp3) is 0. The summed E-state index contributed by atoms with van der Waals surface area (Å²) in [6, 6.07) is 8.52. The van der Waals surface area contributed by atoms with Crippen molar-refractivity contribution in [1.82, 2.24) is 10.2 Å². The van der Waals surface area contributed by atoms with E-state index < -0.39 is 0 Å². The lowest BCUT2D eigenvalue weighted by molar-refractivity contribution is 1.00. The van der Waals surface area contributed by atoms with Gasteiger partial charge in [0.25, 0.3) is 5.56 Å². The molecule has 1 heterocycles. The highest BCUT2D eigenvalue weighted by atomic mass is 35.5. The summed E-state index contributed by atoms with van der Waals surface area (Å²) < 4.78 is 0. The van der Waals surface area contributed by atoms with E-state index in [-0.39, 0.29) is 11.4 Å². The van der Waals surface area contributed by atoms with Gasteiger partial charge in [-0.2, -0.15) is 5.10 Å². The van der Waals surface area contributed by atoms with Crippen LogP contribution >= 0.6 is 11.6 Å². The third-order valence-corrected chi connectivity index (χ3v) is 2.19. The Labute approximate surface area is 90.7 Å². The fourth-order valence-electron chi connectivity index (χ4n) is 1.29. The summed E-state index contributed by atoms with van der Waals surface area (Å²) in [5.41, 5.74) is 6.39. The van der Waals surface area contributed by atoms with E-state index in [0.29, 0.717) is 10.6 Å². The summed E-state index contributed by atoms with van der Waals surface area (Å²) >= 11 is 5.83. The third-order valence-electron chi connectivity index (χ3n) is 1.96. The molecule has 4 nitrogen and oxygen atoms in total. The van der Waals surface area contributed by atoms with E-state index in [2.05, 4.69) is 10.2 Å². The number of H-pyrrole nitrogens is 1. The number of aromatic nitrogens is 2. The quantitative estimate of drug-likeness (QED) is 0.770. The van der Waals surface area contributed by atoms with Crippen molar-refractivity contribution in [3.63, 3.8) is 0 Å². The largest absolute Gasteiger partial charge is 0.382 e. The molecule has 0 amide bonds. The van der Waals surface area contributed by atoms with Crippen LogP contribution < -0.4 is 11.3 Å². The van der Waals surface area contributed by atoms with E-state index in [1.165, 1.54) is 6.07 Å². The number of hydrogen-bond donors (Lipinski definition) is 2. The van der Waals surface area contributed by atoms with Gasteiger partial charge in [0.05, 0.1) is 5.56 Å². The molecule has 0 spiro atoms. The molecule has 0 bridgehead atoms. The zero-order valence-electron chi connectivity index (χ0n) is 7.70. The van der Waals surface area contributed by atoms with Gasteiger partial charge in [0.1, 0.15) is 5.82 Å². The Morgan fingerprint density at radius 1 is 1.33 bits per heavy atom. The van der Waals surface area contributed by atoms with Crippen molar-refractivity contribution in [2.45, 2.75) is 0 Å². The van der Waals surface area contributed by atoms with E-state index in [9.17, 15) is 4.79 Å². The molecule has 1 aromatic carbocycles. The highest BCUT2D eigenvalue weighted by Gasteiger charge is 2.04. The second kappa shape index (κ2) is 3.74. The summed E-state index contributed by atoms with van der Waals surface area (Å²) in [7, 11) is 0. The number of benzene rings is 1. The van der Waals surface area contributed by atoms with Crippen molar-refractivity contribution in [2.24, 2.45) is 0 Å². The summed E-state index contributed by atoms with van der Waals surface area (Å²) in [4.78, 5) is 11.5. The predicted molar refractivity (Wildman–Crippen MR) is 59.7 cm³/mol. The van der Waals surface area contributed by atoms with Crippen LogP contribution in [0.4, 0.5) is 5.82 Å². The van der Waals surface area contributed by atoms with Crippen molar-refractivity contribution in [2.75, 3.05) is 5.73 Å². The fourth-order valence-corrected chi connectivity index (χ4v) is 1.48. The first-order valence-electron chi connectivity index (χ1n) is 4.28. The first-order chi connectivity index (χ1) is 7.16. The number of nitrogens with two attached hydrogens (primary N) is 1. The van der Waals surface area contributed by atoms with Gasteiger partial charge >= 0.3 is 0 Å². The van der Waals surface area contributed by atoms with Gasteiger partial charge in [0.15, 0.2) is 0 Å². The minimum absolute atomic E-state index is 0.268. The minimum Gasteiger partial charge on any atom is -0.382 e. The van der Waals surface area contributed by atoms with Crippen LogP contribution in [-0.2, 0) is 0 Å². The van der Waals surface area contributed by atoms with Crippen LogP contribution in [0.25, 0.3) is 11.1 Å². The summed E-state index contributed by atoms with van der Waals surface area (Å²) in [5, 5.41) is 6.48. The van der Waals surface area contributed by atoms with E-state index in [4.69, 9.17) is 17.3 Å². The molecule has 0 saturated heterocycles. The van der Waals surface area contributed by atoms with Crippen LogP contribution in [0.1, 0.15) is 0 Å². The maximum absolute atomic E-state index is 11.5. The molecular formula is C10H8ClN3O. The highest BCUT2D eigenvalue weighted by molar-refractivity contribution is 6.30. The van der Waals surface area contributed by atoms with Crippen LogP contribution in [0.2, 0.25) is 5.02 Å². The molecule has 0 saturated carbocycles. The Bertz CT molecular complexity index is 550. The molecule has 0 unspecified atom stereocenters. The van der Waals surface area contributed by atoms with Gasteiger partial charge in [0.2, 0.25) is 0 Å². The van der Waals surface area contributed by atoms with Crippen LogP contribution in [-0.4, -0.2) is 10.2 Å². The van der Waals surface area contributed by atoms with E-state index in [1.807, 2.05) is 0 Å². The zero-order chi connectivity index (χ0) is 10.8.